The lowest BCUT2D eigenvalue weighted by Crippen LogP contribution is -2.12. The fraction of sp³-hybridized carbons (Fsp3) is 0.533. The number of alkyl halides is 1. The van der Waals surface area contributed by atoms with Crippen molar-refractivity contribution in [2.75, 3.05) is 0 Å². The summed E-state index contributed by atoms with van der Waals surface area (Å²) in [5.74, 6) is 1.77. The highest BCUT2D eigenvalue weighted by molar-refractivity contribution is 9.10. The first-order valence-electron chi connectivity index (χ1n) is 7.05. The second-order valence-corrected chi connectivity index (χ2v) is 6.65. The van der Waals surface area contributed by atoms with Crippen molar-refractivity contribution in [2.45, 2.75) is 44.5 Å². The first-order chi connectivity index (χ1) is 9.63. The molecule has 1 aliphatic rings. The first-order valence-corrected chi connectivity index (χ1v) is 8.38. The zero-order valence-electron chi connectivity index (χ0n) is 11.4. The Bertz CT molecular complexity index is 636. The molecule has 0 saturated heterocycles. The van der Waals surface area contributed by atoms with Gasteiger partial charge in [0.1, 0.15) is 11.6 Å². The summed E-state index contributed by atoms with van der Waals surface area (Å²) in [7, 11) is 0. The van der Waals surface area contributed by atoms with E-state index in [2.05, 4.69) is 32.4 Å². The van der Waals surface area contributed by atoms with Crippen molar-refractivity contribution in [3.05, 3.63) is 28.2 Å². The van der Waals surface area contributed by atoms with E-state index in [1.54, 1.807) is 12.1 Å². The highest BCUT2D eigenvalue weighted by Gasteiger charge is 2.27. The molecule has 1 heterocycles. The maximum atomic E-state index is 13.9. The Labute approximate surface area is 131 Å². The summed E-state index contributed by atoms with van der Waals surface area (Å²) in [5, 5.41) is 0. The molecule has 1 saturated carbocycles. The van der Waals surface area contributed by atoms with Gasteiger partial charge in [-0.1, -0.05) is 19.8 Å². The van der Waals surface area contributed by atoms with Crippen molar-refractivity contribution in [3.8, 4) is 0 Å². The van der Waals surface area contributed by atoms with Crippen LogP contribution in [0.5, 0.6) is 0 Å². The molecule has 0 N–H and O–H groups in total. The van der Waals surface area contributed by atoms with Gasteiger partial charge in [0.25, 0.3) is 0 Å². The van der Waals surface area contributed by atoms with Crippen LogP contribution in [-0.4, -0.2) is 9.55 Å². The van der Waals surface area contributed by atoms with E-state index >= 15 is 0 Å². The molecule has 1 fully saturated rings. The van der Waals surface area contributed by atoms with Crippen LogP contribution in [0.4, 0.5) is 4.39 Å². The highest BCUT2D eigenvalue weighted by atomic mass is 79.9. The lowest BCUT2D eigenvalue weighted by Gasteiger charge is -2.20. The Kier molecular flexibility index (Phi) is 4.04. The lowest BCUT2D eigenvalue weighted by molar-refractivity contribution is 0.429. The second kappa shape index (κ2) is 5.64. The number of halogens is 3. The number of aromatic nitrogens is 2. The largest absolute Gasteiger partial charge is 0.324 e. The van der Waals surface area contributed by atoms with Crippen LogP contribution in [0.1, 0.15) is 44.5 Å². The predicted octanol–water partition coefficient (Wildman–Crippen LogP) is 5.43. The number of imidazole rings is 1. The number of hydrogen-bond donors (Lipinski definition) is 0. The highest BCUT2D eigenvalue weighted by Crippen LogP contribution is 2.39. The standard InChI is InChI=1S/C15H17BrClFN2/c1-2-10(5-9-3-4-9)20-14-7-12(18)11(16)6-13(14)19-15(20)8-17/h6-7,9-10H,2-5,8H2,1H3. The van der Waals surface area contributed by atoms with Crippen LogP contribution in [0.3, 0.4) is 0 Å². The zero-order valence-corrected chi connectivity index (χ0v) is 13.7. The third-order valence-corrected chi connectivity index (χ3v) is 4.91. The summed E-state index contributed by atoms with van der Waals surface area (Å²) in [6.45, 7) is 2.17. The van der Waals surface area contributed by atoms with Crippen molar-refractivity contribution in [1.29, 1.82) is 0 Å². The minimum Gasteiger partial charge on any atom is -0.324 e. The minimum absolute atomic E-state index is 0.249. The molecule has 2 aromatic rings. The van der Waals surface area contributed by atoms with Crippen LogP contribution >= 0.6 is 27.5 Å². The molecule has 2 nitrogen and oxygen atoms in total. The van der Waals surface area contributed by atoms with Crippen LogP contribution in [0.2, 0.25) is 0 Å². The van der Waals surface area contributed by atoms with E-state index in [1.165, 1.54) is 12.8 Å². The monoisotopic (exact) mass is 358 g/mol. The zero-order chi connectivity index (χ0) is 14.3. The Morgan fingerprint density at radius 3 is 2.85 bits per heavy atom. The van der Waals surface area contributed by atoms with Crippen molar-refractivity contribution in [2.24, 2.45) is 5.92 Å². The molecule has 0 amide bonds. The van der Waals surface area contributed by atoms with Gasteiger partial charge in [0.2, 0.25) is 0 Å². The fourth-order valence-corrected chi connectivity index (χ4v) is 3.35. The summed E-state index contributed by atoms with van der Waals surface area (Å²) in [6, 6.07) is 3.67. The summed E-state index contributed by atoms with van der Waals surface area (Å²) >= 11 is 9.27. The van der Waals surface area contributed by atoms with E-state index in [1.807, 2.05) is 0 Å². The van der Waals surface area contributed by atoms with Crippen molar-refractivity contribution >= 4 is 38.6 Å². The molecule has 0 bridgehead atoms. The number of fused-ring (bicyclic) bond motifs is 1. The van der Waals surface area contributed by atoms with E-state index in [4.69, 9.17) is 11.6 Å². The van der Waals surface area contributed by atoms with Gasteiger partial charge in [-0.2, -0.15) is 0 Å². The Morgan fingerprint density at radius 2 is 2.25 bits per heavy atom. The summed E-state index contributed by atoms with van der Waals surface area (Å²) in [6.07, 6.45) is 4.80. The number of nitrogens with zero attached hydrogens (tertiary/aromatic N) is 2. The molecule has 3 rings (SSSR count). The number of rotatable bonds is 5. The van der Waals surface area contributed by atoms with Crippen LogP contribution in [0, 0.1) is 11.7 Å². The van der Waals surface area contributed by atoms with Gasteiger partial charge in [0, 0.05) is 12.1 Å². The molecule has 1 aliphatic carbocycles. The summed E-state index contributed by atoms with van der Waals surface area (Å²) in [4.78, 5) is 4.56. The number of benzene rings is 1. The molecule has 108 valence electrons. The molecular formula is C15H17BrClFN2. The van der Waals surface area contributed by atoms with Gasteiger partial charge in [-0.15, -0.1) is 11.6 Å². The van der Waals surface area contributed by atoms with Gasteiger partial charge >= 0.3 is 0 Å². The molecule has 0 spiro atoms. The molecule has 1 unspecified atom stereocenters. The Hall–Kier alpha value is -0.610. The normalized spacial score (nSPS) is 16.8. The van der Waals surface area contributed by atoms with E-state index in [-0.39, 0.29) is 5.82 Å². The van der Waals surface area contributed by atoms with Gasteiger partial charge in [0.15, 0.2) is 0 Å². The van der Waals surface area contributed by atoms with Gasteiger partial charge in [-0.3, -0.25) is 0 Å². The molecule has 0 radical (unpaired) electrons. The second-order valence-electron chi connectivity index (χ2n) is 5.53. The first kappa shape index (κ1) is 14.3. The Morgan fingerprint density at radius 1 is 1.50 bits per heavy atom. The molecule has 5 heteroatoms. The molecule has 1 atom stereocenters. The van der Waals surface area contributed by atoms with Crippen LogP contribution in [-0.2, 0) is 5.88 Å². The van der Waals surface area contributed by atoms with Gasteiger partial charge in [-0.25, -0.2) is 9.37 Å². The van der Waals surface area contributed by atoms with Crippen molar-refractivity contribution in [3.63, 3.8) is 0 Å². The van der Waals surface area contributed by atoms with E-state index in [0.717, 1.165) is 35.6 Å². The average molecular weight is 360 g/mol. The van der Waals surface area contributed by atoms with Crippen LogP contribution in [0.15, 0.2) is 16.6 Å². The lowest BCUT2D eigenvalue weighted by atomic mass is 10.1. The van der Waals surface area contributed by atoms with Crippen LogP contribution < -0.4 is 0 Å². The molecule has 1 aromatic heterocycles. The third-order valence-electron chi connectivity index (χ3n) is 4.06. The van der Waals surface area contributed by atoms with E-state index in [0.29, 0.717) is 16.4 Å². The van der Waals surface area contributed by atoms with Crippen molar-refractivity contribution < 1.29 is 4.39 Å². The molecule has 1 aromatic carbocycles. The number of hydrogen-bond acceptors (Lipinski definition) is 1. The van der Waals surface area contributed by atoms with E-state index in [9.17, 15) is 4.39 Å². The maximum absolute atomic E-state index is 13.9. The smallest absolute Gasteiger partial charge is 0.139 e. The van der Waals surface area contributed by atoms with Crippen LogP contribution in [0.25, 0.3) is 11.0 Å². The van der Waals surface area contributed by atoms with Gasteiger partial charge < -0.3 is 4.57 Å². The molecule has 20 heavy (non-hydrogen) atoms. The fourth-order valence-electron chi connectivity index (χ4n) is 2.83. The summed E-state index contributed by atoms with van der Waals surface area (Å²) < 4.78 is 16.5. The third kappa shape index (κ3) is 2.60. The molecule has 0 aliphatic heterocycles. The van der Waals surface area contributed by atoms with Gasteiger partial charge in [0.05, 0.1) is 21.4 Å². The van der Waals surface area contributed by atoms with E-state index < -0.39 is 0 Å². The van der Waals surface area contributed by atoms with Gasteiger partial charge in [-0.05, 0) is 40.8 Å². The van der Waals surface area contributed by atoms with Crippen molar-refractivity contribution in [1.82, 2.24) is 9.55 Å². The average Bonchev–Trinajstić information content (AvgIpc) is 3.19. The quantitative estimate of drug-likeness (QED) is 0.651. The predicted molar refractivity (Wildman–Crippen MR) is 83.6 cm³/mol. The molecular weight excluding hydrogens is 343 g/mol. The summed E-state index contributed by atoms with van der Waals surface area (Å²) in [5.41, 5.74) is 1.66. The Balaban J connectivity index is 2.12. The maximum Gasteiger partial charge on any atom is 0.139 e. The SMILES string of the molecule is CCC(CC1CC1)n1c(CCl)nc2cc(Br)c(F)cc21. The topological polar surface area (TPSA) is 17.8 Å². The minimum atomic E-state index is -0.249.